The van der Waals surface area contributed by atoms with Crippen molar-refractivity contribution in [3.63, 3.8) is 0 Å². The normalized spacial score (nSPS) is 16.0. The number of carbonyl (C=O) groups excluding carboxylic acids is 1. The Kier molecular flexibility index (Phi) is 4.95. The highest BCUT2D eigenvalue weighted by atomic mass is 35.5. The zero-order chi connectivity index (χ0) is 18.2. The van der Waals surface area contributed by atoms with Crippen molar-refractivity contribution in [1.82, 2.24) is 0 Å². The highest BCUT2D eigenvalue weighted by Gasteiger charge is 2.28. The topological polar surface area (TPSA) is 66.5 Å². The predicted molar refractivity (Wildman–Crippen MR) is 101 cm³/mol. The first kappa shape index (κ1) is 18.0. The summed E-state index contributed by atoms with van der Waals surface area (Å²) in [5.41, 5.74) is 2.28. The molecule has 5 nitrogen and oxygen atoms in total. The van der Waals surface area contributed by atoms with Gasteiger partial charge in [-0.2, -0.15) is 0 Å². The summed E-state index contributed by atoms with van der Waals surface area (Å²) in [5, 5.41) is 3.51. The maximum absolute atomic E-state index is 12.4. The molecule has 1 N–H and O–H groups in total. The molecule has 0 spiro atoms. The molecule has 0 aliphatic carbocycles. The summed E-state index contributed by atoms with van der Waals surface area (Å²) in [6, 6.07) is 9.79. The van der Waals surface area contributed by atoms with Crippen LogP contribution in [0.1, 0.15) is 22.3 Å². The fourth-order valence-electron chi connectivity index (χ4n) is 2.74. The molecule has 1 amide bonds. The largest absolute Gasteiger partial charge is 0.322 e. The van der Waals surface area contributed by atoms with E-state index >= 15 is 0 Å². The van der Waals surface area contributed by atoms with Crippen molar-refractivity contribution in [3.8, 4) is 0 Å². The lowest BCUT2D eigenvalue weighted by molar-refractivity contribution is 0.102. The summed E-state index contributed by atoms with van der Waals surface area (Å²) in [6.45, 7) is 2.29. The number of rotatable bonds is 3. The Morgan fingerprint density at radius 1 is 1.16 bits per heavy atom. The quantitative estimate of drug-likeness (QED) is 0.846. The average molecular weight is 399 g/mol. The van der Waals surface area contributed by atoms with E-state index in [4.69, 9.17) is 23.2 Å². The van der Waals surface area contributed by atoms with E-state index in [-0.39, 0.29) is 16.7 Å². The molecule has 0 aromatic heterocycles. The number of nitrogens with one attached hydrogen (secondary N) is 1. The van der Waals surface area contributed by atoms with E-state index in [1.807, 2.05) is 6.92 Å². The molecule has 0 bridgehead atoms. The molecule has 0 unspecified atom stereocenters. The number of hydrogen-bond donors (Lipinski definition) is 1. The fourth-order valence-corrected chi connectivity index (χ4v) is 4.79. The number of anilines is 2. The molecule has 1 aliphatic heterocycles. The van der Waals surface area contributed by atoms with Crippen molar-refractivity contribution in [2.45, 2.75) is 13.3 Å². The zero-order valence-corrected chi connectivity index (χ0v) is 15.7. The average Bonchev–Trinajstić information content (AvgIpc) is 2.88. The van der Waals surface area contributed by atoms with E-state index in [1.165, 1.54) is 10.4 Å². The van der Waals surface area contributed by atoms with Crippen molar-refractivity contribution >= 4 is 50.5 Å². The van der Waals surface area contributed by atoms with Crippen LogP contribution < -0.4 is 9.62 Å². The van der Waals surface area contributed by atoms with Crippen LogP contribution in [0.4, 0.5) is 11.4 Å². The SMILES string of the molecule is Cc1cc(N2CCCS2(=O)=O)ccc1NC(=O)c1ccc(Cl)cc1Cl. The lowest BCUT2D eigenvalue weighted by Gasteiger charge is -2.18. The van der Waals surface area contributed by atoms with E-state index in [0.29, 0.717) is 34.9 Å². The van der Waals surface area contributed by atoms with Crippen molar-refractivity contribution < 1.29 is 13.2 Å². The zero-order valence-electron chi connectivity index (χ0n) is 13.4. The van der Waals surface area contributed by atoms with Gasteiger partial charge >= 0.3 is 0 Å². The summed E-state index contributed by atoms with van der Waals surface area (Å²) in [4.78, 5) is 12.4. The number of amides is 1. The molecule has 2 aromatic rings. The van der Waals surface area contributed by atoms with Gasteiger partial charge in [0.2, 0.25) is 10.0 Å². The minimum Gasteiger partial charge on any atom is -0.322 e. The van der Waals surface area contributed by atoms with E-state index in [0.717, 1.165) is 5.56 Å². The first-order chi connectivity index (χ1) is 11.8. The highest BCUT2D eigenvalue weighted by Crippen LogP contribution is 2.29. The second kappa shape index (κ2) is 6.86. The Balaban J connectivity index is 1.83. The molecule has 0 radical (unpaired) electrons. The lowest BCUT2D eigenvalue weighted by Crippen LogP contribution is -2.25. The molecule has 2 aromatic carbocycles. The van der Waals surface area contributed by atoms with Gasteiger partial charge in [-0.3, -0.25) is 9.10 Å². The van der Waals surface area contributed by atoms with Gasteiger partial charge in [0, 0.05) is 17.3 Å². The lowest BCUT2D eigenvalue weighted by atomic mass is 10.1. The number of nitrogens with zero attached hydrogens (tertiary/aromatic N) is 1. The Bertz CT molecular complexity index is 945. The molecule has 1 heterocycles. The molecule has 8 heteroatoms. The Labute approximate surface area is 156 Å². The van der Waals surface area contributed by atoms with Crippen LogP contribution in [0, 0.1) is 6.92 Å². The third-order valence-electron chi connectivity index (χ3n) is 4.02. The molecule has 0 atom stereocenters. The molecule has 132 valence electrons. The maximum Gasteiger partial charge on any atom is 0.257 e. The summed E-state index contributed by atoms with van der Waals surface area (Å²) < 4.78 is 25.4. The van der Waals surface area contributed by atoms with Gasteiger partial charge in [0.05, 0.1) is 22.0 Å². The van der Waals surface area contributed by atoms with Crippen LogP contribution in [0.3, 0.4) is 0 Å². The van der Waals surface area contributed by atoms with Crippen molar-refractivity contribution in [2.24, 2.45) is 0 Å². The Morgan fingerprint density at radius 2 is 1.92 bits per heavy atom. The van der Waals surface area contributed by atoms with Crippen LogP contribution in [-0.2, 0) is 10.0 Å². The van der Waals surface area contributed by atoms with Crippen LogP contribution in [0.15, 0.2) is 36.4 Å². The smallest absolute Gasteiger partial charge is 0.257 e. The monoisotopic (exact) mass is 398 g/mol. The third-order valence-corrected chi connectivity index (χ3v) is 6.44. The maximum atomic E-state index is 12.4. The van der Waals surface area contributed by atoms with Gasteiger partial charge in [-0.1, -0.05) is 23.2 Å². The summed E-state index contributed by atoms with van der Waals surface area (Å²) in [7, 11) is -3.23. The van der Waals surface area contributed by atoms with E-state index in [1.54, 1.807) is 30.3 Å². The van der Waals surface area contributed by atoms with Gasteiger partial charge in [-0.15, -0.1) is 0 Å². The number of sulfonamides is 1. The number of hydrogen-bond acceptors (Lipinski definition) is 3. The number of halogens is 2. The molecule has 0 saturated carbocycles. The first-order valence-electron chi connectivity index (χ1n) is 7.65. The second-order valence-corrected chi connectivity index (χ2v) is 8.68. The van der Waals surface area contributed by atoms with Crippen LogP contribution in [-0.4, -0.2) is 26.6 Å². The molecular weight excluding hydrogens is 383 g/mol. The van der Waals surface area contributed by atoms with Crippen molar-refractivity contribution in [3.05, 3.63) is 57.6 Å². The van der Waals surface area contributed by atoms with Crippen LogP contribution in [0.2, 0.25) is 10.0 Å². The predicted octanol–water partition coefficient (Wildman–Crippen LogP) is 4.09. The van der Waals surface area contributed by atoms with Crippen LogP contribution >= 0.6 is 23.2 Å². The third kappa shape index (κ3) is 3.76. The van der Waals surface area contributed by atoms with Crippen molar-refractivity contribution in [1.29, 1.82) is 0 Å². The summed E-state index contributed by atoms with van der Waals surface area (Å²) in [5.74, 6) is -0.189. The molecule has 1 aliphatic rings. The van der Waals surface area contributed by atoms with Gasteiger partial charge in [0.1, 0.15) is 0 Å². The number of aryl methyl sites for hydroxylation is 1. The van der Waals surface area contributed by atoms with Gasteiger partial charge < -0.3 is 5.32 Å². The minimum absolute atomic E-state index is 0.166. The van der Waals surface area contributed by atoms with E-state index in [2.05, 4.69) is 5.32 Å². The summed E-state index contributed by atoms with van der Waals surface area (Å²) in [6.07, 6.45) is 0.620. The number of benzene rings is 2. The summed E-state index contributed by atoms with van der Waals surface area (Å²) >= 11 is 11.9. The minimum atomic E-state index is -3.23. The van der Waals surface area contributed by atoms with Gasteiger partial charge in [-0.25, -0.2) is 8.42 Å². The first-order valence-corrected chi connectivity index (χ1v) is 10.0. The Hall–Kier alpha value is -1.76. The molecule has 3 rings (SSSR count). The molecular formula is C17H16Cl2N2O3S. The van der Waals surface area contributed by atoms with E-state index in [9.17, 15) is 13.2 Å². The number of carbonyl (C=O) groups is 1. The second-order valence-electron chi connectivity index (χ2n) is 5.82. The standard InChI is InChI=1S/C17H16Cl2N2O3S/c1-11-9-13(21-7-2-8-25(21,23)24)4-6-16(11)20-17(22)14-5-3-12(18)10-15(14)19/h3-6,9-10H,2,7-8H2,1H3,(H,20,22). The van der Waals surface area contributed by atoms with Gasteiger partial charge in [-0.05, 0) is 55.3 Å². The van der Waals surface area contributed by atoms with Crippen LogP contribution in [0.25, 0.3) is 0 Å². The molecule has 1 saturated heterocycles. The van der Waals surface area contributed by atoms with Gasteiger partial charge in [0.25, 0.3) is 5.91 Å². The van der Waals surface area contributed by atoms with Gasteiger partial charge in [0.15, 0.2) is 0 Å². The fraction of sp³-hybridized carbons (Fsp3) is 0.235. The van der Waals surface area contributed by atoms with E-state index < -0.39 is 10.0 Å². The molecule has 1 fully saturated rings. The highest BCUT2D eigenvalue weighted by molar-refractivity contribution is 7.93. The molecule has 25 heavy (non-hydrogen) atoms. The Morgan fingerprint density at radius 3 is 2.52 bits per heavy atom. The van der Waals surface area contributed by atoms with Crippen molar-refractivity contribution in [2.75, 3.05) is 21.9 Å². The van der Waals surface area contributed by atoms with Crippen LogP contribution in [0.5, 0.6) is 0 Å².